The Kier molecular flexibility index (Phi) is 3.50. The first-order valence-corrected chi connectivity index (χ1v) is 7.56. The Morgan fingerprint density at radius 1 is 0.905 bits per heavy atom. The highest BCUT2D eigenvalue weighted by Crippen LogP contribution is 2.25. The summed E-state index contributed by atoms with van der Waals surface area (Å²) in [4.78, 5) is 0. The maximum absolute atomic E-state index is 2.32. The van der Waals surface area contributed by atoms with Gasteiger partial charge in [0.2, 0.25) is 11.2 Å². The Labute approximate surface area is 126 Å². The molecule has 106 valence electrons. The van der Waals surface area contributed by atoms with Gasteiger partial charge in [-0.3, -0.25) is 0 Å². The van der Waals surface area contributed by atoms with Crippen LogP contribution in [0.3, 0.4) is 0 Å². The molecule has 0 amide bonds. The highest BCUT2D eigenvalue weighted by atomic mass is 14.9. The minimum absolute atomic E-state index is 0.550. The van der Waals surface area contributed by atoms with Gasteiger partial charge >= 0.3 is 0 Å². The number of para-hydroxylation sites is 1. The Hall–Kier alpha value is -2.15. The van der Waals surface area contributed by atoms with Gasteiger partial charge in [-0.15, -0.1) is 0 Å². The van der Waals surface area contributed by atoms with Crippen molar-refractivity contribution in [1.29, 1.82) is 0 Å². The van der Waals surface area contributed by atoms with Crippen LogP contribution in [0.2, 0.25) is 0 Å². The number of benzene rings is 2. The number of pyridine rings is 1. The van der Waals surface area contributed by atoms with Crippen LogP contribution in [0.1, 0.15) is 30.9 Å². The third-order valence-electron chi connectivity index (χ3n) is 4.14. The quantitative estimate of drug-likeness (QED) is 0.594. The zero-order chi connectivity index (χ0) is 15.0. The van der Waals surface area contributed by atoms with Crippen LogP contribution in [0.4, 0.5) is 0 Å². The zero-order valence-corrected chi connectivity index (χ0v) is 13.2. The number of nitrogens with zero attached hydrogens (tertiary/aromatic N) is 1. The van der Waals surface area contributed by atoms with E-state index in [0.29, 0.717) is 5.92 Å². The smallest absolute Gasteiger partial charge is 0.194 e. The highest BCUT2D eigenvalue weighted by molar-refractivity contribution is 5.77. The molecule has 1 heterocycles. The fraction of sp³-hybridized carbons (Fsp3) is 0.250. The van der Waals surface area contributed by atoms with Crippen molar-refractivity contribution >= 4 is 10.9 Å². The molecule has 0 N–H and O–H groups in total. The molecular weight excluding hydrogens is 254 g/mol. The summed E-state index contributed by atoms with van der Waals surface area (Å²) in [6, 6.07) is 19.8. The fourth-order valence-corrected chi connectivity index (χ4v) is 2.93. The second-order valence-corrected chi connectivity index (χ2v) is 6.12. The van der Waals surface area contributed by atoms with Crippen LogP contribution in [0.25, 0.3) is 22.2 Å². The van der Waals surface area contributed by atoms with Gasteiger partial charge in [-0.2, -0.15) is 4.57 Å². The van der Waals surface area contributed by atoms with Gasteiger partial charge in [0, 0.05) is 23.1 Å². The van der Waals surface area contributed by atoms with E-state index in [-0.39, 0.29) is 0 Å². The summed E-state index contributed by atoms with van der Waals surface area (Å²) >= 11 is 0. The first-order valence-electron chi connectivity index (χ1n) is 7.56. The number of aromatic nitrogens is 1. The molecule has 0 bridgehead atoms. The number of fused-ring (bicyclic) bond motifs is 1. The monoisotopic (exact) mass is 276 g/mol. The van der Waals surface area contributed by atoms with Crippen LogP contribution in [0, 0.1) is 6.92 Å². The Morgan fingerprint density at radius 2 is 1.67 bits per heavy atom. The van der Waals surface area contributed by atoms with E-state index >= 15 is 0 Å². The fourth-order valence-electron chi connectivity index (χ4n) is 2.93. The van der Waals surface area contributed by atoms with Crippen LogP contribution in [-0.2, 0) is 7.05 Å². The van der Waals surface area contributed by atoms with E-state index in [4.69, 9.17) is 0 Å². The summed E-state index contributed by atoms with van der Waals surface area (Å²) in [6.07, 6.45) is 0. The number of hydrogen-bond donors (Lipinski definition) is 0. The molecule has 0 unspecified atom stereocenters. The van der Waals surface area contributed by atoms with Gasteiger partial charge in [0.1, 0.15) is 7.05 Å². The summed E-state index contributed by atoms with van der Waals surface area (Å²) in [6.45, 7) is 6.67. The Bertz CT molecular complexity index is 800. The Balaban J connectivity index is 2.23. The van der Waals surface area contributed by atoms with Crippen molar-refractivity contribution in [3.8, 4) is 11.3 Å². The first-order chi connectivity index (χ1) is 10.1. The molecule has 0 atom stereocenters. The molecule has 2 aromatic carbocycles. The van der Waals surface area contributed by atoms with Crippen molar-refractivity contribution in [3.63, 3.8) is 0 Å². The number of aryl methyl sites for hydroxylation is 2. The lowest BCUT2D eigenvalue weighted by Crippen LogP contribution is -2.31. The first kappa shape index (κ1) is 13.8. The molecule has 0 aliphatic carbocycles. The van der Waals surface area contributed by atoms with Gasteiger partial charge in [-0.05, 0) is 42.7 Å². The number of rotatable bonds is 2. The number of hydrogen-bond acceptors (Lipinski definition) is 0. The minimum Gasteiger partial charge on any atom is -0.194 e. The molecule has 0 saturated carbocycles. The van der Waals surface area contributed by atoms with Crippen LogP contribution in [0.5, 0.6) is 0 Å². The standard InChI is InChI=1S/C20H22N/c1-14(2)17-11-15(3)12-18(13-17)20-10-9-16-7-5-6-8-19(16)21(20)4/h5-14H,1-4H3/q+1. The van der Waals surface area contributed by atoms with Gasteiger partial charge in [-0.1, -0.05) is 37.6 Å². The van der Waals surface area contributed by atoms with Crippen molar-refractivity contribution in [1.82, 2.24) is 0 Å². The van der Waals surface area contributed by atoms with E-state index in [1.807, 2.05) is 0 Å². The van der Waals surface area contributed by atoms with Gasteiger partial charge in [0.05, 0.1) is 0 Å². The third-order valence-corrected chi connectivity index (χ3v) is 4.14. The molecule has 3 aromatic rings. The molecule has 1 aromatic heterocycles. The molecule has 0 spiro atoms. The van der Waals surface area contributed by atoms with Gasteiger partial charge in [0.25, 0.3) is 0 Å². The SMILES string of the molecule is Cc1cc(-c2ccc3ccccc3[n+]2C)cc(C(C)C)c1. The van der Waals surface area contributed by atoms with E-state index in [2.05, 4.69) is 87.0 Å². The summed E-state index contributed by atoms with van der Waals surface area (Å²) in [5.74, 6) is 0.550. The zero-order valence-electron chi connectivity index (χ0n) is 13.2. The molecule has 21 heavy (non-hydrogen) atoms. The van der Waals surface area contributed by atoms with Crippen LogP contribution < -0.4 is 4.57 Å². The second kappa shape index (κ2) is 5.33. The summed E-state index contributed by atoms with van der Waals surface area (Å²) in [5.41, 5.74) is 6.55. The van der Waals surface area contributed by atoms with Gasteiger partial charge < -0.3 is 0 Å². The molecule has 3 rings (SSSR count). The second-order valence-electron chi connectivity index (χ2n) is 6.12. The summed E-state index contributed by atoms with van der Waals surface area (Å²) in [7, 11) is 2.15. The lowest BCUT2D eigenvalue weighted by Gasteiger charge is -2.10. The highest BCUT2D eigenvalue weighted by Gasteiger charge is 2.15. The van der Waals surface area contributed by atoms with Crippen LogP contribution in [-0.4, -0.2) is 0 Å². The predicted molar refractivity (Wildman–Crippen MR) is 89.4 cm³/mol. The van der Waals surface area contributed by atoms with Crippen LogP contribution >= 0.6 is 0 Å². The maximum atomic E-state index is 2.32. The predicted octanol–water partition coefficient (Wildman–Crippen LogP) is 4.76. The van der Waals surface area contributed by atoms with Crippen molar-refractivity contribution < 1.29 is 4.57 Å². The molecule has 0 fully saturated rings. The molecule has 0 aliphatic heterocycles. The summed E-state index contributed by atoms with van der Waals surface area (Å²) in [5, 5.41) is 1.28. The van der Waals surface area contributed by atoms with Gasteiger partial charge in [-0.25, -0.2) is 0 Å². The molecule has 0 aliphatic rings. The van der Waals surface area contributed by atoms with E-state index in [0.717, 1.165) is 0 Å². The third kappa shape index (κ3) is 2.56. The molecular formula is C20H22N+. The summed E-state index contributed by atoms with van der Waals surface area (Å²) < 4.78 is 2.29. The Morgan fingerprint density at radius 3 is 2.43 bits per heavy atom. The molecule has 1 nitrogen and oxygen atoms in total. The normalized spacial score (nSPS) is 11.3. The average Bonchev–Trinajstić information content (AvgIpc) is 2.47. The molecule has 1 heteroatoms. The van der Waals surface area contributed by atoms with Crippen molar-refractivity contribution in [2.24, 2.45) is 7.05 Å². The van der Waals surface area contributed by atoms with E-state index in [9.17, 15) is 0 Å². The maximum Gasteiger partial charge on any atom is 0.212 e. The minimum atomic E-state index is 0.550. The average molecular weight is 276 g/mol. The van der Waals surface area contributed by atoms with E-state index < -0.39 is 0 Å². The van der Waals surface area contributed by atoms with E-state index in [1.165, 1.54) is 33.3 Å². The van der Waals surface area contributed by atoms with E-state index in [1.54, 1.807) is 0 Å². The van der Waals surface area contributed by atoms with Crippen molar-refractivity contribution in [2.45, 2.75) is 26.7 Å². The van der Waals surface area contributed by atoms with Crippen LogP contribution in [0.15, 0.2) is 54.6 Å². The topological polar surface area (TPSA) is 3.88 Å². The lowest BCUT2D eigenvalue weighted by molar-refractivity contribution is -0.633. The van der Waals surface area contributed by atoms with Crippen molar-refractivity contribution in [2.75, 3.05) is 0 Å². The molecule has 0 saturated heterocycles. The largest absolute Gasteiger partial charge is 0.212 e. The molecule has 0 radical (unpaired) electrons. The van der Waals surface area contributed by atoms with Crippen molar-refractivity contribution in [3.05, 3.63) is 65.7 Å². The lowest BCUT2D eigenvalue weighted by atomic mass is 9.96. The van der Waals surface area contributed by atoms with Gasteiger partial charge in [0.15, 0.2) is 0 Å².